The van der Waals surface area contributed by atoms with Gasteiger partial charge in [0, 0.05) is 18.5 Å². The Kier molecular flexibility index (Phi) is 6.06. The second-order valence-corrected chi connectivity index (χ2v) is 10.6. The molecule has 28 heavy (non-hydrogen) atoms. The van der Waals surface area contributed by atoms with Gasteiger partial charge in [-0.25, -0.2) is 0 Å². The van der Waals surface area contributed by atoms with Crippen LogP contribution in [0.2, 0.25) is 0 Å². The van der Waals surface area contributed by atoms with Gasteiger partial charge in [-0.15, -0.1) is 0 Å². The van der Waals surface area contributed by atoms with Crippen LogP contribution in [0.15, 0.2) is 0 Å². The predicted molar refractivity (Wildman–Crippen MR) is 108 cm³/mol. The van der Waals surface area contributed by atoms with E-state index in [4.69, 9.17) is 0 Å². The summed E-state index contributed by atoms with van der Waals surface area (Å²) in [5.41, 5.74) is -0.148. The lowest BCUT2D eigenvalue weighted by Gasteiger charge is -2.56. The normalized spacial score (nSPS) is 30.8. The van der Waals surface area contributed by atoms with Crippen molar-refractivity contribution in [2.75, 3.05) is 19.6 Å². The third-order valence-electron chi connectivity index (χ3n) is 6.72. The number of amides is 3. The number of rotatable bonds is 7. The van der Waals surface area contributed by atoms with E-state index in [1.165, 1.54) is 43.4 Å². The van der Waals surface area contributed by atoms with Crippen LogP contribution in [0, 0.1) is 23.2 Å². The lowest BCUT2D eigenvalue weighted by molar-refractivity contribution is -0.138. The van der Waals surface area contributed by atoms with E-state index < -0.39 is 0 Å². The molecular weight excluding hydrogens is 354 g/mol. The topological polar surface area (TPSA) is 78.5 Å². The van der Waals surface area contributed by atoms with Crippen LogP contribution < -0.4 is 10.6 Å². The van der Waals surface area contributed by atoms with Gasteiger partial charge < -0.3 is 15.5 Å². The molecule has 4 fully saturated rings. The molecule has 2 N–H and O–H groups in total. The summed E-state index contributed by atoms with van der Waals surface area (Å²) in [5, 5.41) is 5.70. The first-order valence-electron chi connectivity index (χ1n) is 10.9. The number of likely N-dealkylation sites (N-methyl/N-ethyl adjacent to an activating group) is 1. The van der Waals surface area contributed by atoms with Crippen LogP contribution in [0.3, 0.4) is 0 Å². The van der Waals surface area contributed by atoms with Crippen molar-refractivity contribution in [1.82, 2.24) is 15.5 Å². The van der Waals surface area contributed by atoms with E-state index >= 15 is 0 Å². The maximum Gasteiger partial charge on any atom is 0.242 e. The molecule has 0 heterocycles. The van der Waals surface area contributed by atoms with E-state index in [2.05, 4.69) is 10.6 Å². The zero-order valence-electron chi connectivity index (χ0n) is 18.0. The number of nitrogens with one attached hydrogen (secondary N) is 2. The van der Waals surface area contributed by atoms with Crippen molar-refractivity contribution in [3.8, 4) is 0 Å². The molecular formula is C22H37N3O3. The number of carbonyl (C=O) groups is 3. The van der Waals surface area contributed by atoms with Gasteiger partial charge in [0.1, 0.15) is 0 Å². The first-order valence-corrected chi connectivity index (χ1v) is 10.9. The lowest BCUT2D eigenvalue weighted by atomic mass is 9.49. The number of hydrogen-bond acceptors (Lipinski definition) is 3. The van der Waals surface area contributed by atoms with Crippen molar-refractivity contribution in [2.45, 2.75) is 78.2 Å². The molecule has 0 atom stereocenters. The standard InChI is InChI=1S/C22H37N3O3/c1-5-25(14-19(27)24-21(2,3)4)20(28)13-23-18(26)12-22-9-15-6-16(10-22)8-17(7-15)11-22/h15-17H,5-14H2,1-4H3,(H,23,26)(H,24,27). The molecule has 4 saturated carbocycles. The maximum absolute atomic E-state index is 12.6. The van der Waals surface area contributed by atoms with Crippen LogP contribution in [0.5, 0.6) is 0 Å². The SMILES string of the molecule is CCN(CC(=O)NC(C)(C)C)C(=O)CNC(=O)CC12CC3CC(CC(C3)C1)C2. The molecule has 0 aromatic carbocycles. The summed E-state index contributed by atoms with van der Waals surface area (Å²) in [7, 11) is 0. The molecule has 6 nitrogen and oxygen atoms in total. The van der Waals surface area contributed by atoms with Gasteiger partial charge in [0.25, 0.3) is 0 Å². The smallest absolute Gasteiger partial charge is 0.242 e. The molecule has 4 rings (SSSR count). The lowest BCUT2D eigenvalue weighted by Crippen LogP contribution is -2.50. The highest BCUT2D eigenvalue weighted by atomic mass is 16.2. The molecule has 158 valence electrons. The van der Waals surface area contributed by atoms with Crippen LogP contribution in [0.1, 0.15) is 72.6 Å². The third-order valence-corrected chi connectivity index (χ3v) is 6.72. The minimum atomic E-state index is -0.328. The molecule has 3 amide bonds. The Morgan fingerprint density at radius 2 is 1.50 bits per heavy atom. The predicted octanol–water partition coefficient (Wildman–Crippen LogP) is 2.47. The maximum atomic E-state index is 12.6. The Morgan fingerprint density at radius 1 is 0.964 bits per heavy atom. The number of carbonyl (C=O) groups excluding carboxylic acids is 3. The monoisotopic (exact) mass is 391 g/mol. The summed E-state index contributed by atoms with van der Waals surface area (Å²) in [6.45, 7) is 8.02. The molecule has 4 aliphatic rings. The summed E-state index contributed by atoms with van der Waals surface area (Å²) < 4.78 is 0. The molecule has 4 aliphatic carbocycles. The minimum absolute atomic E-state index is 0.00880. The quantitative estimate of drug-likeness (QED) is 0.700. The van der Waals surface area contributed by atoms with Crippen molar-refractivity contribution >= 4 is 17.7 Å². The average molecular weight is 392 g/mol. The fraction of sp³-hybridized carbons (Fsp3) is 0.864. The van der Waals surface area contributed by atoms with Gasteiger partial charge in [0.2, 0.25) is 17.7 Å². The highest BCUT2D eigenvalue weighted by Gasteiger charge is 2.51. The Balaban J connectivity index is 1.46. The molecule has 0 aliphatic heterocycles. The van der Waals surface area contributed by atoms with Gasteiger partial charge in [0.15, 0.2) is 0 Å². The van der Waals surface area contributed by atoms with E-state index in [0.717, 1.165) is 17.8 Å². The van der Waals surface area contributed by atoms with Crippen molar-refractivity contribution in [3.05, 3.63) is 0 Å². The Bertz CT molecular complexity index is 588. The molecule has 0 spiro atoms. The Labute approximate surface area is 169 Å². The Hall–Kier alpha value is -1.59. The fourth-order valence-electron chi connectivity index (χ4n) is 6.20. The number of nitrogens with zero attached hydrogens (tertiary/aromatic N) is 1. The molecule has 0 radical (unpaired) electrons. The van der Waals surface area contributed by atoms with Crippen molar-refractivity contribution in [2.24, 2.45) is 23.2 Å². The third kappa shape index (κ3) is 5.26. The van der Waals surface area contributed by atoms with E-state index in [-0.39, 0.29) is 41.8 Å². The largest absolute Gasteiger partial charge is 0.350 e. The molecule has 0 unspecified atom stereocenters. The van der Waals surface area contributed by atoms with Crippen LogP contribution in [0.4, 0.5) is 0 Å². The highest BCUT2D eigenvalue weighted by Crippen LogP contribution is 2.61. The molecule has 4 bridgehead atoms. The zero-order valence-corrected chi connectivity index (χ0v) is 18.0. The fourth-order valence-corrected chi connectivity index (χ4v) is 6.20. The van der Waals surface area contributed by atoms with Crippen molar-refractivity contribution < 1.29 is 14.4 Å². The molecule has 0 aromatic heterocycles. The van der Waals surface area contributed by atoms with Crippen molar-refractivity contribution in [1.29, 1.82) is 0 Å². The van der Waals surface area contributed by atoms with Crippen molar-refractivity contribution in [3.63, 3.8) is 0 Å². The van der Waals surface area contributed by atoms with Crippen LogP contribution >= 0.6 is 0 Å². The molecule has 0 saturated heterocycles. The van der Waals surface area contributed by atoms with E-state index in [1.54, 1.807) is 0 Å². The summed E-state index contributed by atoms with van der Waals surface area (Å²) in [6, 6.07) is 0. The summed E-state index contributed by atoms with van der Waals surface area (Å²) >= 11 is 0. The van der Waals surface area contributed by atoms with E-state index in [1.807, 2.05) is 27.7 Å². The first kappa shape index (κ1) is 21.1. The van der Waals surface area contributed by atoms with E-state index in [0.29, 0.717) is 13.0 Å². The highest BCUT2D eigenvalue weighted by molar-refractivity contribution is 5.88. The van der Waals surface area contributed by atoms with Gasteiger partial charge in [-0.1, -0.05) is 0 Å². The second-order valence-electron chi connectivity index (χ2n) is 10.6. The van der Waals surface area contributed by atoms with Gasteiger partial charge in [-0.2, -0.15) is 0 Å². The summed E-state index contributed by atoms with van der Waals surface area (Å²) in [4.78, 5) is 38.7. The van der Waals surface area contributed by atoms with Gasteiger partial charge in [0.05, 0.1) is 13.1 Å². The number of hydrogen-bond donors (Lipinski definition) is 2. The van der Waals surface area contributed by atoms with Crippen LogP contribution in [-0.4, -0.2) is 47.8 Å². The van der Waals surface area contributed by atoms with Gasteiger partial charge >= 0.3 is 0 Å². The summed E-state index contributed by atoms with van der Waals surface area (Å²) in [5.74, 6) is 2.06. The second kappa shape index (κ2) is 8.03. The average Bonchev–Trinajstić information content (AvgIpc) is 2.54. The minimum Gasteiger partial charge on any atom is -0.350 e. The first-order chi connectivity index (χ1) is 13.1. The molecule has 0 aromatic rings. The van der Waals surface area contributed by atoms with Gasteiger partial charge in [-0.3, -0.25) is 14.4 Å². The summed E-state index contributed by atoms with van der Waals surface area (Å²) in [6.07, 6.45) is 8.21. The molecule has 6 heteroatoms. The van der Waals surface area contributed by atoms with Gasteiger partial charge in [-0.05, 0) is 89.4 Å². The zero-order chi connectivity index (χ0) is 20.5. The van der Waals surface area contributed by atoms with Crippen LogP contribution in [-0.2, 0) is 14.4 Å². The van der Waals surface area contributed by atoms with Crippen LogP contribution in [0.25, 0.3) is 0 Å². The Morgan fingerprint density at radius 3 is 1.96 bits per heavy atom. The van der Waals surface area contributed by atoms with E-state index in [9.17, 15) is 14.4 Å².